The molecule has 4 aromatic rings. The minimum atomic E-state index is -3.72. The Bertz CT molecular complexity index is 1850. The molecule has 234 valence electrons. The number of amides is 3. The number of imide groups is 1. The fourth-order valence-corrected chi connectivity index (χ4v) is 7.31. The number of nitrogens with two attached hydrogens (primary N) is 1. The SMILES string of the molecule is Cc1ccsc1C(=O)n1nc(Nc2ccc(S(=O)(=O)N3CCN(Cc4ccc(N5CCC(=O)NC5=O)cn4)CC3)cc2)nc1N. The number of anilines is 4. The van der Waals surface area contributed by atoms with Gasteiger partial charge in [-0.2, -0.15) is 14.0 Å². The third-order valence-electron chi connectivity index (χ3n) is 7.52. The summed E-state index contributed by atoms with van der Waals surface area (Å²) in [5.41, 5.74) is 8.68. The van der Waals surface area contributed by atoms with E-state index in [2.05, 4.69) is 30.6 Å². The third-order valence-corrected chi connectivity index (χ3v) is 10.4. The van der Waals surface area contributed by atoms with E-state index in [4.69, 9.17) is 5.73 Å². The van der Waals surface area contributed by atoms with E-state index < -0.39 is 16.1 Å². The second-order valence-electron chi connectivity index (χ2n) is 10.5. The van der Waals surface area contributed by atoms with Crippen LogP contribution in [0.3, 0.4) is 0 Å². The molecular formula is C28H30N10O5S2. The van der Waals surface area contributed by atoms with Gasteiger partial charge >= 0.3 is 6.03 Å². The highest BCUT2D eigenvalue weighted by Crippen LogP contribution is 2.24. The number of aryl methyl sites for hydroxylation is 1. The summed E-state index contributed by atoms with van der Waals surface area (Å²) in [4.78, 5) is 49.1. The largest absolute Gasteiger partial charge is 0.368 e. The van der Waals surface area contributed by atoms with E-state index in [-0.39, 0.29) is 35.0 Å². The van der Waals surface area contributed by atoms with Crippen molar-refractivity contribution in [3.05, 3.63) is 70.2 Å². The van der Waals surface area contributed by atoms with Gasteiger partial charge in [0.05, 0.1) is 27.4 Å². The number of benzene rings is 1. The number of nitrogens with zero attached hydrogens (tertiary/aromatic N) is 7. The molecule has 0 aliphatic carbocycles. The maximum absolute atomic E-state index is 13.4. The van der Waals surface area contributed by atoms with Gasteiger partial charge in [0.15, 0.2) is 0 Å². The van der Waals surface area contributed by atoms with E-state index in [1.807, 2.05) is 24.4 Å². The monoisotopic (exact) mass is 650 g/mol. The average molecular weight is 651 g/mol. The highest BCUT2D eigenvalue weighted by Gasteiger charge is 2.29. The Balaban J connectivity index is 1.03. The molecule has 4 N–H and O–H groups in total. The minimum Gasteiger partial charge on any atom is -0.368 e. The summed E-state index contributed by atoms with van der Waals surface area (Å²) in [5.74, 6) is -0.621. The maximum Gasteiger partial charge on any atom is 0.328 e. The van der Waals surface area contributed by atoms with Crippen LogP contribution in [-0.2, 0) is 21.4 Å². The molecule has 17 heteroatoms. The number of piperazine rings is 1. The van der Waals surface area contributed by atoms with Crippen LogP contribution in [-0.4, -0.2) is 87.9 Å². The van der Waals surface area contributed by atoms with E-state index in [9.17, 15) is 22.8 Å². The smallest absolute Gasteiger partial charge is 0.328 e. The van der Waals surface area contributed by atoms with Gasteiger partial charge in [0.25, 0.3) is 5.91 Å². The summed E-state index contributed by atoms with van der Waals surface area (Å²) in [5, 5.41) is 11.2. The number of aromatic nitrogens is 4. The molecule has 0 saturated carbocycles. The number of carbonyl (C=O) groups excluding carboxylic acids is 3. The molecule has 2 saturated heterocycles. The maximum atomic E-state index is 13.4. The number of sulfonamides is 1. The van der Waals surface area contributed by atoms with Crippen LogP contribution in [0.1, 0.15) is 27.3 Å². The molecule has 15 nitrogen and oxygen atoms in total. The molecule has 45 heavy (non-hydrogen) atoms. The lowest BCUT2D eigenvalue weighted by Crippen LogP contribution is -2.49. The summed E-state index contributed by atoms with van der Waals surface area (Å²) in [6.07, 6.45) is 1.84. The third kappa shape index (κ3) is 6.41. The molecule has 2 fully saturated rings. The number of pyridine rings is 1. The Kier molecular flexibility index (Phi) is 8.32. The van der Waals surface area contributed by atoms with Gasteiger partial charge in [-0.25, -0.2) is 13.2 Å². The van der Waals surface area contributed by atoms with E-state index in [0.717, 1.165) is 15.9 Å². The van der Waals surface area contributed by atoms with E-state index >= 15 is 0 Å². The lowest BCUT2D eigenvalue weighted by atomic mass is 10.2. The number of hydrogen-bond acceptors (Lipinski definition) is 12. The van der Waals surface area contributed by atoms with Crippen molar-refractivity contribution in [3.8, 4) is 0 Å². The zero-order chi connectivity index (χ0) is 31.7. The van der Waals surface area contributed by atoms with Crippen LogP contribution >= 0.6 is 11.3 Å². The first kappa shape index (κ1) is 30.3. The lowest BCUT2D eigenvalue weighted by Gasteiger charge is -2.33. The molecule has 6 rings (SSSR count). The topological polar surface area (TPSA) is 189 Å². The molecule has 2 aliphatic heterocycles. The number of nitrogens with one attached hydrogen (secondary N) is 2. The number of rotatable bonds is 8. The second-order valence-corrected chi connectivity index (χ2v) is 13.4. The Morgan fingerprint density at radius 1 is 1.04 bits per heavy atom. The predicted molar refractivity (Wildman–Crippen MR) is 167 cm³/mol. The van der Waals surface area contributed by atoms with Gasteiger partial charge < -0.3 is 11.1 Å². The zero-order valence-electron chi connectivity index (χ0n) is 24.2. The minimum absolute atomic E-state index is 0.0633. The first-order valence-electron chi connectivity index (χ1n) is 14.1. The van der Waals surface area contributed by atoms with Crippen molar-refractivity contribution in [1.29, 1.82) is 0 Å². The summed E-state index contributed by atoms with van der Waals surface area (Å²) in [6.45, 7) is 4.36. The van der Waals surface area contributed by atoms with Gasteiger partial charge in [-0.05, 0) is 60.3 Å². The van der Waals surface area contributed by atoms with Crippen LogP contribution in [0.15, 0.2) is 58.9 Å². The van der Waals surface area contributed by atoms with Gasteiger partial charge in [-0.1, -0.05) is 0 Å². The van der Waals surface area contributed by atoms with Crippen LogP contribution in [0.4, 0.5) is 28.1 Å². The quantitative estimate of drug-likeness (QED) is 0.253. The van der Waals surface area contributed by atoms with Gasteiger partial charge in [0, 0.05) is 51.4 Å². The highest BCUT2D eigenvalue weighted by molar-refractivity contribution is 7.89. The number of carbonyl (C=O) groups is 3. The first-order chi connectivity index (χ1) is 21.6. The molecule has 2 aliphatic rings. The average Bonchev–Trinajstić information content (AvgIpc) is 3.62. The van der Waals surface area contributed by atoms with Crippen molar-refractivity contribution in [1.82, 2.24) is 34.3 Å². The molecular weight excluding hydrogens is 621 g/mol. The van der Waals surface area contributed by atoms with Crippen LogP contribution in [0.2, 0.25) is 0 Å². The molecule has 3 aromatic heterocycles. The normalized spacial score (nSPS) is 16.5. The van der Waals surface area contributed by atoms with Gasteiger partial charge in [0.1, 0.15) is 0 Å². The summed E-state index contributed by atoms with van der Waals surface area (Å²) >= 11 is 1.29. The Hall–Kier alpha value is -4.71. The summed E-state index contributed by atoms with van der Waals surface area (Å²) in [7, 11) is -3.72. The fraction of sp³-hybridized carbons (Fsp3) is 0.286. The van der Waals surface area contributed by atoms with E-state index in [1.165, 1.54) is 32.7 Å². The Labute approximate surface area is 262 Å². The summed E-state index contributed by atoms with van der Waals surface area (Å²) < 4.78 is 29.2. The summed E-state index contributed by atoms with van der Waals surface area (Å²) in [6, 6.07) is 11.2. The van der Waals surface area contributed by atoms with Crippen molar-refractivity contribution in [2.45, 2.75) is 24.8 Å². The van der Waals surface area contributed by atoms with Crippen molar-refractivity contribution in [2.24, 2.45) is 0 Å². The number of thiophene rings is 1. The Morgan fingerprint density at radius 2 is 1.80 bits per heavy atom. The van der Waals surface area contributed by atoms with Gasteiger partial charge in [0.2, 0.25) is 27.8 Å². The van der Waals surface area contributed by atoms with E-state index in [1.54, 1.807) is 24.4 Å². The lowest BCUT2D eigenvalue weighted by molar-refractivity contribution is -0.120. The van der Waals surface area contributed by atoms with Crippen molar-refractivity contribution in [2.75, 3.05) is 48.7 Å². The molecule has 5 heterocycles. The second kappa shape index (κ2) is 12.4. The van der Waals surface area contributed by atoms with Crippen LogP contribution in [0.5, 0.6) is 0 Å². The van der Waals surface area contributed by atoms with Gasteiger partial charge in [-0.3, -0.25) is 29.7 Å². The van der Waals surface area contributed by atoms with E-state index in [0.29, 0.717) is 55.5 Å². The Morgan fingerprint density at radius 3 is 2.44 bits per heavy atom. The first-order valence-corrected chi connectivity index (χ1v) is 16.4. The molecule has 3 amide bonds. The molecule has 0 radical (unpaired) electrons. The zero-order valence-corrected chi connectivity index (χ0v) is 25.8. The van der Waals surface area contributed by atoms with Crippen molar-refractivity contribution in [3.63, 3.8) is 0 Å². The number of nitrogen functional groups attached to an aromatic ring is 1. The predicted octanol–water partition coefficient (Wildman–Crippen LogP) is 2.01. The van der Waals surface area contributed by atoms with Gasteiger partial charge in [-0.15, -0.1) is 16.4 Å². The van der Waals surface area contributed by atoms with Crippen LogP contribution in [0, 0.1) is 6.92 Å². The van der Waals surface area contributed by atoms with Crippen molar-refractivity contribution >= 4 is 62.5 Å². The molecule has 0 atom stereocenters. The van der Waals surface area contributed by atoms with Crippen molar-refractivity contribution < 1.29 is 22.8 Å². The fourth-order valence-electron chi connectivity index (χ4n) is 5.04. The molecule has 0 spiro atoms. The van der Waals surface area contributed by atoms with Crippen LogP contribution < -0.4 is 21.3 Å². The standard InChI is InChI=1S/C28H30N10O5S2/c1-18-9-15-44-24(18)25(40)38-26(29)33-27(34-38)31-19-3-6-22(7-4-19)45(42,43)36-13-11-35(12-14-36)17-20-2-5-21(16-30-20)37-10-8-23(39)32-28(37)41/h2-7,9,15-16H,8,10-14,17H2,1H3,(H,32,39,41)(H3,29,31,33,34). The molecule has 1 aromatic carbocycles. The number of hydrogen-bond donors (Lipinski definition) is 3. The van der Waals surface area contributed by atoms with Crippen LogP contribution in [0.25, 0.3) is 0 Å². The number of urea groups is 1. The highest BCUT2D eigenvalue weighted by atomic mass is 32.2. The molecule has 0 unspecified atom stereocenters. The molecule has 0 bridgehead atoms.